The van der Waals surface area contributed by atoms with Crippen LogP contribution in [0.1, 0.15) is 121 Å². The lowest BCUT2D eigenvalue weighted by Crippen LogP contribution is -2.52. The van der Waals surface area contributed by atoms with Gasteiger partial charge in [-0.25, -0.2) is 18.1 Å². The maximum absolute atomic E-state index is 14.1. The van der Waals surface area contributed by atoms with Gasteiger partial charge in [0.05, 0.1) is 34.3 Å². The van der Waals surface area contributed by atoms with E-state index in [1.807, 2.05) is 24.3 Å². The minimum Gasteiger partial charge on any atom is -0.455 e. The molecule has 4 amide bonds. The number of aromatic nitrogens is 5. The first kappa shape index (κ1) is 58.8. The van der Waals surface area contributed by atoms with Gasteiger partial charge in [0.2, 0.25) is 11.8 Å². The molecule has 6 heterocycles. The number of nitrogens with zero attached hydrogens (tertiary/aromatic N) is 8. The molecule has 0 radical (unpaired) electrons. The highest BCUT2D eigenvalue weighted by atomic mass is 35.5. The first-order chi connectivity index (χ1) is 41.4. The lowest BCUT2D eigenvalue weighted by Gasteiger charge is -2.39. The highest BCUT2D eigenvalue weighted by Crippen LogP contribution is 2.44. The summed E-state index contributed by atoms with van der Waals surface area (Å²) in [5.74, 6) is 4.84. The van der Waals surface area contributed by atoms with Crippen LogP contribution in [0.3, 0.4) is 0 Å². The van der Waals surface area contributed by atoms with Gasteiger partial charge >= 0.3 is 0 Å². The molecule has 86 heavy (non-hydrogen) atoms. The van der Waals surface area contributed by atoms with Crippen molar-refractivity contribution in [2.75, 3.05) is 42.9 Å². The number of carbonyl (C=O) groups excluding carboxylic acids is 4. The average molecular weight is 1200 g/mol. The topological polar surface area (TPSA) is 260 Å². The van der Waals surface area contributed by atoms with E-state index in [1.54, 1.807) is 47.4 Å². The number of hydrogen-bond donors (Lipinski definition) is 4. The zero-order valence-corrected chi connectivity index (χ0v) is 49.3. The number of sulfonamides is 1. The number of hydrogen-bond acceptors (Lipinski definition) is 15. The molecule has 11 rings (SSSR count). The molecule has 0 bridgehead atoms. The number of unbranched alkanes of at least 4 members (excludes halogenated alkanes) is 4. The summed E-state index contributed by atoms with van der Waals surface area (Å²) < 4.78 is 38.0. The van der Waals surface area contributed by atoms with Gasteiger partial charge in [0.1, 0.15) is 34.6 Å². The summed E-state index contributed by atoms with van der Waals surface area (Å²) in [6.07, 6.45) is 12.8. The molecule has 7 aromatic rings. The van der Waals surface area contributed by atoms with E-state index < -0.39 is 43.4 Å². The quantitative estimate of drug-likeness (QED) is 0.0182. The van der Waals surface area contributed by atoms with Crippen molar-refractivity contribution in [3.05, 3.63) is 164 Å². The first-order valence-electron chi connectivity index (χ1n) is 28.9. The number of carbonyl (C=O) groups is 4. The summed E-state index contributed by atoms with van der Waals surface area (Å²) in [6, 6.07) is 24.8. The molecule has 4 N–H and O–H groups in total. The largest absolute Gasteiger partial charge is 0.455 e. The van der Waals surface area contributed by atoms with Gasteiger partial charge in [-0.2, -0.15) is 0 Å². The van der Waals surface area contributed by atoms with E-state index in [0.29, 0.717) is 60.2 Å². The SMILES string of the molecule is CC1(C)CCC(CN2CCN(c3ccc(C(=O)NS(=O)(=O)c4ccc(NCc5cn(CCCCCCC#Cc6cccc7c6CN(C6CCC(=O)NC6=O)C7=O)nn5)c([N+](=O)[O-])c4)c(Oc4cnc5[nH]ccc5c4)c3)CC2)=C(c2ccc(Cl)cc2)C1. The molecule has 4 aromatic carbocycles. The van der Waals surface area contributed by atoms with Crippen molar-refractivity contribution in [2.45, 2.75) is 109 Å². The minimum atomic E-state index is -4.67. The van der Waals surface area contributed by atoms with E-state index in [9.17, 15) is 37.7 Å². The molecule has 21 nitrogen and oxygen atoms in total. The number of piperazine rings is 1. The highest BCUT2D eigenvalue weighted by molar-refractivity contribution is 7.90. The van der Waals surface area contributed by atoms with Crippen molar-refractivity contribution in [1.29, 1.82) is 0 Å². The second-order valence-electron chi connectivity index (χ2n) is 23.0. The van der Waals surface area contributed by atoms with Crippen molar-refractivity contribution in [2.24, 2.45) is 5.41 Å². The third-order valence-electron chi connectivity index (χ3n) is 16.3. The lowest BCUT2D eigenvalue weighted by molar-refractivity contribution is -0.384. The van der Waals surface area contributed by atoms with Crippen molar-refractivity contribution in [1.82, 2.24) is 44.8 Å². The Hall–Kier alpha value is -8.91. The van der Waals surface area contributed by atoms with Gasteiger partial charge in [0.25, 0.3) is 27.5 Å². The van der Waals surface area contributed by atoms with Gasteiger partial charge in [-0.05, 0) is 121 Å². The summed E-state index contributed by atoms with van der Waals surface area (Å²) in [6.45, 7) is 9.40. The molecule has 3 aromatic heterocycles. The standard InChI is InChI=1S/C63H65ClN12O9S/c1-63(2)25-23-44(52(35-63)42-13-15-45(64)16-14-42)38-72-28-30-73(31-29-72)47-17-19-51(57(33-47)85-48-32-43-24-26-65-59(43)67-37-48)60(78)70-86(83,84)49-18-20-54(56(34-49)76(81)82)66-36-46-39-74(71-69-46)27-8-6-4-3-5-7-10-41-11-9-12-50-53(41)40-75(62(50)80)55-21-22-58(77)68-61(55)79/h9,11-20,24,26,32-34,37,39,55,66H,3-6,8,21-23,25,27-31,35-36,38,40H2,1-2H3,(H,65,67)(H,70,78)(H,68,77,79). The normalized spacial score (nSPS) is 17.1. The van der Waals surface area contributed by atoms with E-state index >= 15 is 0 Å². The van der Waals surface area contributed by atoms with Gasteiger partial charge in [-0.1, -0.05) is 79.1 Å². The first-order valence-corrected chi connectivity index (χ1v) is 30.7. The van der Waals surface area contributed by atoms with Gasteiger partial charge in [0.15, 0.2) is 0 Å². The summed E-state index contributed by atoms with van der Waals surface area (Å²) in [7, 11) is -4.67. The van der Waals surface area contributed by atoms with E-state index in [4.69, 9.17) is 16.3 Å². The van der Waals surface area contributed by atoms with Crippen LogP contribution in [0.4, 0.5) is 17.1 Å². The van der Waals surface area contributed by atoms with E-state index in [1.165, 1.54) is 46.0 Å². The number of ether oxygens (including phenoxy) is 1. The van der Waals surface area contributed by atoms with Gasteiger partial charge in [0, 0.05) is 104 Å². The van der Waals surface area contributed by atoms with Crippen LogP contribution < -0.4 is 25.0 Å². The summed E-state index contributed by atoms with van der Waals surface area (Å²) in [4.78, 5) is 76.3. The molecule has 2 fully saturated rings. The van der Waals surface area contributed by atoms with Crippen molar-refractivity contribution in [3.8, 4) is 23.3 Å². The number of rotatable bonds is 20. The number of piperidine rings is 1. The van der Waals surface area contributed by atoms with Crippen LogP contribution in [-0.4, -0.2) is 110 Å². The number of aryl methyl sites for hydroxylation is 1. The molecule has 1 unspecified atom stereocenters. The summed E-state index contributed by atoms with van der Waals surface area (Å²) in [5.41, 5.74) is 7.68. The van der Waals surface area contributed by atoms with Crippen LogP contribution in [0.5, 0.6) is 11.5 Å². The van der Waals surface area contributed by atoms with Crippen LogP contribution in [0.15, 0.2) is 120 Å². The molecule has 0 spiro atoms. The molecule has 1 aliphatic carbocycles. The number of pyridine rings is 1. The maximum atomic E-state index is 14.1. The second kappa shape index (κ2) is 25.4. The minimum absolute atomic E-state index is 0.0372. The zero-order valence-electron chi connectivity index (χ0n) is 47.7. The number of nitro benzene ring substituents is 1. The number of allylic oxidation sites excluding steroid dienone is 1. The number of nitro groups is 1. The lowest BCUT2D eigenvalue weighted by atomic mass is 9.72. The molecule has 4 aliphatic rings. The van der Waals surface area contributed by atoms with Crippen LogP contribution in [0, 0.1) is 27.4 Å². The highest BCUT2D eigenvalue weighted by Gasteiger charge is 2.40. The summed E-state index contributed by atoms with van der Waals surface area (Å²) in [5, 5.41) is 27.6. The Morgan fingerprint density at radius 1 is 0.953 bits per heavy atom. The Labute approximate surface area is 502 Å². The van der Waals surface area contributed by atoms with Gasteiger partial charge in [-0.3, -0.25) is 44.2 Å². The monoisotopic (exact) mass is 1200 g/mol. The van der Waals surface area contributed by atoms with Crippen molar-refractivity contribution < 1.29 is 37.3 Å². The van der Waals surface area contributed by atoms with Crippen LogP contribution in [0.2, 0.25) is 5.02 Å². The Morgan fingerprint density at radius 3 is 2.57 bits per heavy atom. The van der Waals surface area contributed by atoms with Crippen LogP contribution in [-0.2, 0) is 39.2 Å². The Morgan fingerprint density at radius 2 is 1.77 bits per heavy atom. The predicted octanol–water partition coefficient (Wildman–Crippen LogP) is 9.79. The van der Waals surface area contributed by atoms with Gasteiger partial charge in [-0.15, -0.1) is 5.10 Å². The zero-order chi connectivity index (χ0) is 60.1. The fourth-order valence-electron chi connectivity index (χ4n) is 11.6. The molecule has 3 aliphatic heterocycles. The molecule has 23 heteroatoms. The number of aromatic amines is 1. The molecule has 1 atom stereocenters. The number of imide groups is 1. The third kappa shape index (κ3) is 13.6. The molecule has 0 saturated carbocycles. The van der Waals surface area contributed by atoms with Crippen LogP contribution >= 0.6 is 11.6 Å². The van der Waals surface area contributed by atoms with Crippen molar-refractivity contribution in [3.63, 3.8) is 0 Å². The third-order valence-corrected chi connectivity index (χ3v) is 17.9. The number of nitrogens with one attached hydrogen (secondary N) is 4. The van der Waals surface area contributed by atoms with Gasteiger partial charge < -0.3 is 24.8 Å². The fraction of sp³-hybridized carbons (Fsp3) is 0.349. The Balaban J connectivity index is 0.682. The molecule has 2 saturated heterocycles. The number of fused-ring (bicyclic) bond motifs is 2. The fourth-order valence-corrected chi connectivity index (χ4v) is 12.7. The maximum Gasteiger partial charge on any atom is 0.293 e. The van der Waals surface area contributed by atoms with E-state index in [0.717, 1.165) is 92.8 Å². The Bertz CT molecular complexity index is 3990. The number of halogens is 1. The molecule has 444 valence electrons. The number of H-pyrrole nitrogens is 1. The van der Waals surface area contributed by atoms with Crippen LogP contribution in [0.25, 0.3) is 16.6 Å². The average Bonchev–Trinajstić information content (AvgIpc) is 2.53. The Kier molecular flexibility index (Phi) is 17.3. The summed E-state index contributed by atoms with van der Waals surface area (Å²) >= 11 is 6.27. The number of amides is 4. The van der Waals surface area contributed by atoms with E-state index in [2.05, 4.69) is 83.3 Å². The smallest absolute Gasteiger partial charge is 0.293 e. The van der Waals surface area contributed by atoms with Crippen molar-refractivity contribution >= 4 is 78.9 Å². The molecular weight excluding hydrogens is 1140 g/mol. The predicted molar refractivity (Wildman–Crippen MR) is 325 cm³/mol. The molecular formula is C63H65ClN12O9S. The second-order valence-corrected chi connectivity index (χ2v) is 25.1. The number of benzene rings is 4. The van der Waals surface area contributed by atoms with E-state index in [-0.39, 0.29) is 53.7 Å². The number of anilines is 2.